The van der Waals surface area contributed by atoms with Crippen LogP contribution in [0.2, 0.25) is 0 Å². The van der Waals surface area contributed by atoms with Gasteiger partial charge in [0.25, 0.3) is 0 Å². The molecule has 0 aromatic heterocycles. The number of hydrogen-bond acceptors (Lipinski definition) is 4. The predicted octanol–water partition coefficient (Wildman–Crippen LogP) is 1.75. The number of carbonyl (C=O) groups excluding carboxylic acids is 1. The summed E-state index contributed by atoms with van der Waals surface area (Å²) in [5.74, 6) is 1.48. The summed E-state index contributed by atoms with van der Waals surface area (Å²) in [5.41, 5.74) is 1.06. The smallest absolute Gasteiger partial charge is 0.239 e. The zero-order valence-electron chi connectivity index (χ0n) is 16.2. The molecule has 1 atom stereocenters. The lowest BCUT2D eigenvalue weighted by Crippen LogP contribution is -2.48. The Morgan fingerprint density at radius 1 is 1.30 bits per heavy atom. The molecule has 1 aliphatic heterocycles. The van der Waals surface area contributed by atoms with Crippen LogP contribution in [-0.4, -0.2) is 51.3 Å². The molecule has 0 radical (unpaired) electrons. The minimum Gasteiger partial charge on any atom is -0.487 e. The minimum atomic E-state index is -0.0883. The van der Waals surface area contributed by atoms with Crippen molar-refractivity contribution in [2.75, 3.05) is 33.9 Å². The molecule has 1 unspecified atom stereocenters. The summed E-state index contributed by atoms with van der Waals surface area (Å²) in [6, 6.07) is 8.29. The second kappa shape index (κ2) is 9.08. The van der Waals surface area contributed by atoms with Gasteiger partial charge in [0.2, 0.25) is 5.91 Å². The van der Waals surface area contributed by atoms with Crippen LogP contribution in [0.3, 0.4) is 0 Å². The van der Waals surface area contributed by atoms with Crippen molar-refractivity contribution in [2.45, 2.75) is 43.7 Å². The zero-order chi connectivity index (χ0) is 19.1. The van der Waals surface area contributed by atoms with E-state index < -0.39 is 0 Å². The fourth-order valence-corrected chi connectivity index (χ4v) is 3.95. The second-order valence-corrected chi connectivity index (χ2v) is 7.20. The molecule has 7 heteroatoms. The van der Waals surface area contributed by atoms with Crippen LogP contribution in [0.1, 0.15) is 43.7 Å². The van der Waals surface area contributed by atoms with Gasteiger partial charge in [-0.1, -0.05) is 18.2 Å². The first-order chi connectivity index (χ1) is 13.2. The summed E-state index contributed by atoms with van der Waals surface area (Å²) >= 11 is 0. The summed E-state index contributed by atoms with van der Waals surface area (Å²) in [5, 5.41) is 9.38. The number of nitrogens with zero attached hydrogens (tertiary/aromatic N) is 1. The van der Waals surface area contributed by atoms with Crippen molar-refractivity contribution < 1.29 is 14.3 Å². The molecule has 1 aromatic carbocycles. The van der Waals surface area contributed by atoms with Gasteiger partial charge in [0, 0.05) is 32.7 Å². The number of fused-ring (bicyclic) bond motifs is 1. The van der Waals surface area contributed by atoms with E-state index in [4.69, 9.17) is 9.47 Å². The second-order valence-electron chi connectivity index (χ2n) is 7.20. The molecule has 0 bridgehead atoms. The summed E-state index contributed by atoms with van der Waals surface area (Å²) in [6.07, 6.45) is 5.51. The SMILES string of the molecule is CN=C(NCC(=O)NCCOC)NC1CC2(CCCC2)Oc2ccccc21. The molecule has 27 heavy (non-hydrogen) atoms. The number of amides is 1. The number of rotatable bonds is 6. The summed E-state index contributed by atoms with van der Waals surface area (Å²) in [4.78, 5) is 16.2. The molecule has 148 valence electrons. The lowest BCUT2D eigenvalue weighted by Gasteiger charge is -2.40. The Balaban J connectivity index is 1.63. The lowest BCUT2D eigenvalue weighted by molar-refractivity contribution is -0.120. The van der Waals surface area contributed by atoms with Gasteiger partial charge in [-0.2, -0.15) is 0 Å². The van der Waals surface area contributed by atoms with Gasteiger partial charge in [-0.15, -0.1) is 0 Å². The molecule has 7 nitrogen and oxygen atoms in total. The Morgan fingerprint density at radius 3 is 2.81 bits per heavy atom. The fourth-order valence-electron chi connectivity index (χ4n) is 3.95. The largest absolute Gasteiger partial charge is 0.487 e. The van der Waals surface area contributed by atoms with Crippen LogP contribution in [0, 0.1) is 0 Å². The van der Waals surface area contributed by atoms with Gasteiger partial charge >= 0.3 is 0 Å². The van der Waals surface area contributed by atoms with Crippen molar-refractivity contribution in [3.05, 3.63) is 29.8 Å². The van der Waals surface area contributed by atoms with Crippen LogP contribution >= 0.6 is 0 Å². The van der Waals surface area contributed by atoms with Crippen LogP contribution in [0.25, 0.3) is 0 Å². The molecule has 1 heterocycles. The number of methoxy groups -OCH3 is 1. The average molecular weight is 374 g/mol. The molecule has 2 aliphatic rings. The first kappa shape index (κ1) is 19.5. The molecule has 1 amide bonds. The van der Waals surface area contributed by atoms with Crippen LogP contribution in [0.4, 0.5) is 0 Å². The van der Waals surface area contributed by atoms with Crippen molar-refractivity contribution in [3.63, 3.8) is 0 Å². The maximum Gasteiger partial charge on any atom is 0.239 e. The quantitative estimate of drug-likeness (QED) is 0.401. The number of aliphatic imine (C=N–C) groups is 1. The van der Waals surface area contributed by atoms with E-state index in [1.807, 2.05) is 18.2 Å². The Labute approximate surface area is 160 Å². The van der Waals surface area contributed by atoms with Gasteiger partial charge in [-0.25, -0.2) is 0 Å². The fraction of sp³-hybridized carbons (Fsp3) is 0.600. The van der Waals surface area contributed by atoms with Crippen molar-refractivity contribution >= 4 is 11.9 Å². The normalized spacial score (nSPS) is 20.7. The molecule has 3 rings (SSSR count). The Hall–Kier alpha value is -2.28. The van der Waals surface area contributed by atoms with Crippen LogP contribution in [0.15, 0.2) is 29.3 Å². The van der Waals surface area contributed by atoms with Gasteiger partial charge < -0.3 is 25.4 Å². The van der Waals surface area contributed by atoms with E-state index in [2.05, 4.69) is 27.0 Å². The molecule has 0 saturated heterocycles. The van der Waals surface area contributed by atoms with Crippen molar-refractivity contribution in [1.82, 2.24) is 16.0 Å². The highest BCUT2D eigenvalue weighted by atomic mass is 16.5. The van der Waals surface area contributed by atoms with E-state index in [0.29, 0.717) is 19.1 Å². The maximum atomic E-state index is 11.9. The van der Waals surface area contributed by atoms with Gasteiger partial charge in [0.15, 0.2) is 5.96 Å². The van der Waals surface area contributed by atoms with E-state index in [9.17, 15) is 4.79 Å². The lowest BCUT2D eigenvalue weighted by atomic mass is 9.86. The third kappa shape index (κ3) is 4.91. The molecule has 1 spiro atoms. The zero-order valence-corrected chi connectivity index (χ0v) is 16.2. The third-order valence-electron chi connectivity index (χ3n) is 5.29. The van der Waals surface area contributed by atoms with Crippen molar-refractivity contribution in [2.24, 2.45) is 4.99 Å². The van der Waals surface area contributed by atoms with Gasteiger partial charge in [-0.05, 0) is 31.7 Å². The first-order valence-electron chi connectivity index (χ1n) is 9.66. The molecular weight excluding hydrogens is 344 g/mol. The highest BCUT2D eigenvalue weighted by molar-refractivity contribution is 5.86. The molecule has 1 fully saturated rings. The third-order valence-corrected chi connectivity index (χ3v) is 5.29. The highest BCUT2D eigenvalue weighted by Gasteiger charge is 2.43. The number of ether oxygens (including phenoxy) is 2. The number of hydrogen-bond donors (Lipinski definition) is 3. The van der Waals surface area contributed by atoms with E-state index in [0.717, 1.165) is 30.6 Å². The highest BCUT2D eigenvalue weighted by Crippen LogP contribution is 2.46. The van der Waals surface area contributed by atoms with Gasteiger partial charge in [0.1, 0.15) is 11.4 Å². The van der Waals surface area contributed by atoms with E-state index in [-0.39, 0.29) is 24.1 Å². The van der Waals surface area contributed by atoms with E-state index in [1.54, 1.807) is 14.2 Å². The van der Waals surface area contributed by atoms with Gasteiger partial charge in [0.05, 0.1) is 19.2 Å². The Bertz CT molecular complexity index is 671. The molecule has 1 aromatic rings. The van der Waals surface area contributed by atoms with Crippen LogP contribution in [0.5, 0.6) is 5.75 Å². The average Bonchev–Trinajstić information content (AvgIpc) is 3.12. The number of guanidine groups is 1. The number of para-hydroxylation sites is 1. The van der Waals surface area contributed by atoms with E-state index >= 15 is 0 Å². The Morgan fingerprint density at radius 2 is 2.07 bits per heavy atom. The molecular formula is C20H30N4O3. The van der Waals surface area contributed by atoms with Crippen LogP contribution < -0.4 is 20.7 Å². The minimum absolute atomic E-state index is 0.0810. The summed E-state index contributed by atoms with van der Waals surface area (Å²) in [7, 11) is 3.33. The van der Waals surface area contributed by atoms with Crippen molar-refractivity contribution in [1.29, 1.82) is 0 Å². The summed E-state index contributed by atoms with van der Waals surface area (Å²) < 4.78 is 11.3. The van der Waals surface area contributed by atoms with Crippen LogP contribution in [-0.2, 0) is 9.53 Å². The summed E-state index contributed by atoms with van der Waals surface area (Å²) in [6.45, 7) is 1.16. The molecule has 1 aliphatic carbocycles. The van der Waals surface area contributed by atoms with Gasteiger partial charge in [-0.3, -0.25) is 9.79 Å². The predicted molar refractivity (Wildman–Crippen MR) is 105 cm³/mol. The maximum absolute atomic E-state index is 11.9. The standard InChI is InChI=1S/C20H30N4O3/c1-21-19(23-14-18(25)22-11-12-26-2)24-16-13-20(9-5-6-10-20)27-17-8-4-3-7-15(16)17/h3-4,7-8,16H,5-6,9-14H2,1-2H3,(H,22,25)(H2,21,23,24). The number of benzene rings is 1. The van der Waals surface area contributed by atoms with E-state index in [1.165, 1.54) is 12.8 Å². The Kier molecular flexibility index (Phi) is 6.55. The number of nitrogens with one attached hydrogen (secondary N) is 3. The number of carbonyl (C=O) groups is 1. The molecule has 1 saturated carbocycles. The van der Waals surface area contributed by atoms with Crippen molar-refractivity contribution in [3.8, 4) is 5.75 Å². The topological polar surface area (TPSA) is 84.0 Å². The monoisotopic (exact) mass is 374 g/mol. The first-order valence-corrected chi connectivity index (χ1v) is 9.66. The molecule has 3 N–H and O–H groups in total.